The average Bonchev–Trinajstić information content (AvgIpc) is 3.21. The van der Waals surface area contributed by atoms with E-state index in [1.54, 1.807) is 12.1 Å². The van der Waals surface area contributed by atoms with Gasteiger partial charge in [0.05, 0.1) is 22.9 Å². The van der Waals surface area contributed by atoms with Gasteiger partial charge in [0, 0.05) is 12.4 Å². The first-order valence-corrected chi connectivity index (χ1v) is 10.2. The highest BCUT2D eigenvalue weighted by Crippen LogP contribution is 2.39. The summed E-state index contributed by atoms with van der Waals surface area (Å²) in [6.45, 7) is 1.95. The molecule has 0 saturated heterocycles. The van der Waals surface area contributed by atoms with E-state index in [1.807, 2.05) is 37.3 Å². The van der Waals surface area contributed by atoms with Crippen LogP contribution in [0.15, 0.2) is 67.3 Å². The van der Waals surface area contributed by atoms with Gasteiger partial charge in [-0.05, 0) is 36.1 Å². The molecule has 2 atom stereocenters. The quantitative estimate of drug-likeness (QED) is 0.450. The average molecular weight is 454 g/mol. The van der Waals surface area contributed by atoms with Crippen LogP contribution in [-0.2, 0) is 6.18 Å². The van der Waals surface area contributed by atoms with E-state index in [-0.39, 0.29) is 22.9 Å². The van der Waals surface area contributed by atoms with Crippen LogP contribution in [0.25, 0.3) is 5.52 Å². The number of anilines is 1. The first-order chi connectivity index (χ1) is 15.8. The fourth-order valence-corrected chi connectivity index (χ4v) is 3.82. The fraction of sp³-hybridized carbons (Fsp3) is 0.217. The number of amides is 1. The number of nitrogens with two attached hydrogens (primary N) is 1. The molecule has 0 saturated carbocycles. The molecule has 7 nitrogen and oxygen atoms in total. The first kappa shape index (κ1) is 22.3. The Hall–Kier alpha value is -3.95. The van der Waals surface area contributed by atoms with Crippen molar-refractivity contribution in [2.24, 2.45) is 0 Å². The van der Waals surface area contributed by atoms with E-state index in [0.717, 1.165) is 22.5 Å². The third-order valence-corrected chi connectivity index (χ3v) is 5.46. The third-order valence-electron chi connectivity index (χ3n) is 5.46. The highest BCUT2D eigenvalue weighted by Gasteiger charge is 2.38. The number of hydrogen-bond acceptors (Lipinski definition) is 5. The third kappa shape index (κ3) is 4.64. The predicted octanol–water partition coefficient (Wildman–Crippen LogP) is 4.39. The molecule has 0 aliphatic heterocycles. The van der Waals surface area contributed by atoms with Crippen LogP contribution in [0, 0.1) is 0 Å². The zero-order valence-corrected chi connectivity index (χ0v) is 17.6. The van der Waals surface area contributed by atoms with Gasteiger partial charge in [0.2, 0.25) is 0 Å². The molecule has 10 heteroatoms. The molecule has 0 fully saturated rings. The summed E-state index contributed by atoms with van der Waals surface area (Å²) in [4.78, 5) is 20.6. The van der Waals surface area contributed by atoms with E-state index in [9.17, 15) is 18.0 Å². The number of nitrogen functional groups attached to an aromatic ring is 1. The molecule has 0 spiro atoms. The minimum Gasteiger partial charge on any atom is -0.382 e. The van der Waals surface area contributed by atoms with Gasteiger partial charge in [0.15, 0.2) is 5.82 Å². The van der Waals surface area contributed by atoms with Crippen LogP contribution in [-0.4, -0.2) is 25.5 Å². The van der Waals surface area contributed by atoms with Gasteiger partial charge in [-0.3, -0.25) is 9.78 Å². The minimum absolute atomic E-state index is 0.0792. The standard InChI is InChI=1S/C23H21F3N6O/c1-14(15-6-3-2-4-7-15)10-18(31-22(33)16-8-5-9-28-12-16)19-11-17(23(24,25)26)20-21(27)29-13-30-32(19)20/h2-9,11-14,18H,10H2,1H3,(H,31,33)(H2,27,29,30). The molecule has 3 aromatic heterocycles. The van der Waals surface area contributed by atoms with Gasteiger partial charge in [-0.2, -0.15) is 18.3 Å². The zero-order chi connectivity index (χ0) is 23.6. The van der Waals surface area contributed by atoms with Crippen LogP contribution in [0.4, 0.5) is 19.0 Å². The monoisotopic (exact) mass is 454 g/mol. The number of nitrogens with one attached hydrogen (secondary N) is 1. The Bertz CT molecular complexity index is 1260. The number of nitrogens with zero attached hydrogens (tertiary/aromatic N) is 4. The summed E-state index contributed by atoms with van der Waals surface area (Å²) in [6, 6.07) is 12.9. The summed E-state index contributed by atoms with van der Waals surface area (Å²) in [5, 5.41) is 6.88. The molecule has 0 aliphatic rings. The largest absolute Gasteiger partial charge is 0.418 e. The van der Waals surface area contributed by atoms with Crippen LogP contribution in [0.5, 0.6) is 0 Å². The summed E-state index contributed by atoms with van der Waals surface area (Å²) < 4.78 is 42.5. The Morgan fingerprint density at radius 3 is 2.61 bits per heavy atom. The van der Waals surface area contributed by atoms with Crippen LogP contribution >= 0.6 is 0 Å². The second-order valence-corrected chi connectivity index (χ2v) is 7.70. The molecule has 3 heterocycles. The molecule has 4 rings (SSSR count). The molecule has 2 unspecified atom stereocenters. The smallest absolute Gasteiger partial charge is 0.382 e. The van der Waals surface area contributed by atoms with Gasteiger partial charge < -0.3 is 11.1 Å². The molecule has 1 aromatic carbocycles. The van der Waals surface area contributed by atoms with Crippen LogP contribution in [0.3, 0.4) is 0 Å². The Labute approximate surface area is 187 Å². The SMILES string of the molecule is CC(CC(NC(=O)c1cccnc1)c1cc(C(F)(F)F)c2c(N)ncnn12)c1ccccc1. The number of carbonyl (C=O) groups is 1. The number of halogens is 3. The maximum absolute atomic E-state index is 13.8. The van der Waals surface area contributed by atoms with Crippen molar-refractivity contribution in [3.8, 4) is 0 Å². The summed E-state index contributed by atoms with van der Waals surface area (Å²) in [7, 11) is 0. The lowest BCUT2D eigenvalue weighted by Crippen LogP contribution is -2.30. The van der Waals surface area contributed by atoms with Crippen LogP contribution in [0.1, 0.15) is 52.5 Å². The lowest BCUT2D eigenvalue weighted by molar-refractivity contribution is -0.136. The molecular weight excluding hydrogens is 433 g/mol. The number of carbonyl (C=O) groups excluding carboxylic acids is 1. The number of fused-ring (bicyclic) bond motifs is 1. The van der Waals surface area contributed by atoms with Crippen LogP contribution < -0.4 is 11.1 Å². The number of hydrogen-bond donors (Lipinski definition) is 2. The summed E-state index contributed by atoms with van der Waals surface area (Å²) in [6.07, 6.45) is -0.340. The van der Waals surface area contributed by atoms with Crippen molar-refractivity contribution in [3.63, 3.8) is 0 Å². The Morgan fingerprint density at radius 1 is 1.18 bits per heavy atom. The fourth-order valence-electron chi connectivity index (χ4n) is 3.82. The number of pyridine rings is 1. The summed E-state index contributed by atoms with van der Waals surface area (Å²) in [5.41, 5.74) is 5.93. The first-order valence-electron chi connectivity index (χ1n) is 10.2. The van der Waals surface area contributed by atoms with Crippen molar-refractivity contribution in [1.29, 1.82) is 0 Å². The molecular formula is C23H21F3N6O. The summed E-state index contributed by atoms with van der Waals surface area (Å²) in [5.74, 6) is -0.833. The van der Waals surface area contributed by atoms with E-state index < -0.39 is 23.7 Å². The molecule has 3 N–H and O–H groups in total. The maximum atomic E-state index is 13.8. The van der Waals surface area contributed by atoms with E-state index in [2.05, 4.69) is 20.4 Å². The van der Waals surface area contributed by atoms with Gasteiger partial charge in [-0.15, -0.1) is 0 Å². The van der Waals surface area contributed by atoms with Gasteiger partial charge >= 0.3 is 6.18 Å². The van der Waals surface area contributed by atoms with E-state index in [0.29, 0.717) is 12.0 Å². The van der Waals surface area contributed by atoms with E-state index in [4.69, 9.17) is 5.73 Å². The van der Waals surface area contributed by atoms with Crippen molar-refractivity contribution in [2.75, 3.05) is 5.73 Å². The number of benzene rings is 1. The van der Waals surface area contributed by atoms with Crippen molar-refractivity contribution in [2.45, 2.75) is 31.5 Å². The molecule has 4 aromatic rings. The van der Waals surface area contributed by atoms with Crippen molar-refractivity contribution < 1.29 is 18.0 Å². The molecule has 1 amide bonds. The number of alkyl halides is 3. The Morgan fingerprint density at radius 2 is 1.94 bits per heavy atom. The van der Waals surface area contributed by atoms with E-state index >= 15 is 0 Å². The Kier molecular flexibility index (Phi) is 5.99. The minimum atomic E-state index is -4.68. The van der Waals surface area contributed by atoms with Crippen LogP contribution in [0.2, 0.25) is 0 Å². The topological polar surface area (TPSA) is 98.2 Å². The van der Waals surface area contributed by atoms with Gasteiger partial charge in [0.1, 0.15) is 11.8 Å². The molecule has 0 aliphatic carbocycles. The molecule has 0 radical (unpaired) electrons. The lowest BCUT2D eigenvalue weighted by Gasteiger charge is -2.23. The zero-order valence-electron chi connectivity index (χ0n) is 17.6. The van der Waals surface area contributed by atoms with Gasteiger partial charge in [-0.1, -0.05) is 37.3 Å². The van der Waals surface area contributed by atoms with Crippen molar-refractivity contribution in [1.82, 2.24) is 24.9 Å². The predicted molar refractivity (Wildman–Crippen MR) is 116 cm³/mol. The molecule has 33 heavy (non-hydrogen) atoms. The van der Waals surface area contributed by atoms with Gasteiger partial charge in [0.25, 0.3) is 5.91 Å². The van der Waals surface area contributed by atoms with Crippen molar-refractivity contribution >= 4 is 17.2 Å². The maximum Gasteiger partial charge on any atom is 0.418 e. The van der Waals surface area contributed by atoms with E-state index in [1.165, 1.54) is 12.4 Å². The van der Waals surface area contributed by atoms with Crippen molar-refractivity contribution in [3.05, 3.63) is 89.6 Å². The second-order valence-electron chi connectivity index (χ2n) is 7.70. The molecule has 170 valence electrons. The number of aromatic nitrogens is 4. The second kappa shape index (κ2) is 8.89. The molecule has 0 bridgehead atoms. The highest BCUT2D eigenvalue weighted by atomic mass is 19.4. The Balaban J connectivity index is 1.80. The number of rotatable bonds is 6. The lowest BCUT2D eigenvalue weighted by atomic mass is 9.92. The highest BCUT2D eigenvalue weighted by molar-refractivity contribution is 5.94. The summed E-state index contributed by atoms with van der Waals surface area (Å²) >= 11 is 0. The normalized spacial score (nSPS) is 13.6. The van der Waals surface area contributed by atoms with Gasteiger partial charge in [-0.25, -0.2) is 9.50 Å².